The maximum atomic E-state index is 15.6. The number of aromatic nitrogens is 1. The summed E-state index contributed by atoms with van der Waals surface area (Å²) in [7, 11) is 1.96. The fourth-order valence-electron chi connectivity index (χ4n) is 10.5. The molecule has 1 saturated heterocycles. The number of rotatable bonds is 21. The zero-order valence-electron chi connectivity index (χ0n) is 60.1. The van der Waals surface area contributed by atoms with E-state index in [-0.39, 0.29) is 56.6 Å². The number of fused-ring (bicyclic) bond motifs is 1. The van der Waals surface area contributed by atoms with Gasteiger partial charge in [-0.05, 0) is 178 Å². The van der Waals surface area contributed by atoms with Gasteiger partial charge in [0.05, 0.1) is 35.0 Å². The van der Waals surface area contributed by atoms with Gasteiger partial charge < -0.3 is 77.1 Å². The molecule has 11 N–H and O–H groups in total. The van der Waals surface area contributed by atoms with Gasteiger partial charge in [0.1, 0.15) is 58.8 Å². The summed E-state index contributed by atoms with van der Waals surface area (Å²) in [5, 5.41) is 33.0. The minimum Gasteiger partial charge on any atom is -0.488 e. The van der Waals surface area contributed by atoms with Gasteiger partial charge in [-0.3, -0.25) is 38.1 Å². The molecule has 0 saturated carbocycles. The van der Waals surface area contributed by atoms with E-state index in [2.05, 4.69) is 42.5 Å². The van der Waals surface area contributed by atoms with Gasteiger partial charge in [0.25, 0.3) is 0 Å². The third-order valence-corrected chi connectivity index (χ3v) is 17.1. The van der Waals surface area contributed by atoms with Crippen LogP contribution in [0.1, 0.15) is 154 Å². The number of ether oxygens (including phenoxy) is 5. The van der Waals surface area contributed by atoms with Crippen molar-refractivity contribution >= 4 is 92.0 Å². The van der Waals surface area contributed by atoms with Crippen molar-refractivity contribution in [1.82, 2.24) is 47.1 Å². The molecular weight excluding hydrogens is 1310 g/mol. The molecule has 0 aliphatic carbocycles. The maximum absolute atomic E-state index is 15.6. The third-order valence-electron chi connectivity index (χ3n) is 14.7. The zero-order valence-corrected chi connectivity index (χ0v) is 61.8. The molecular formula is C71H104N10O16S2. The molecule has 1 aliphatic rings. The number of benzene rings is 3. The number of carbonyl (C=O) groups excluding carboxylic acids is 9. The minimum absolute atomic E-state index is 0.0724. The second-order valence-corrected chi connectivity index (χ2v) is 32.1. The average Bonchev–Trinajstić information content (AvgIpc) is 1.61. The number of unbranched alkanes of at least 4 members (excludes halogenated alkanes) is 1. The molecule has 4 aromatic rings. The van der Waals surface area contributed by atoms with E-state index in [9.17, 15) is 29.1 Å². The van der Waals surface area contributed by atoms with Crippen LogP contribution in [0.3, 0.4) is 0 Å². The Bertz CT molecular complexity index is 3430. The van der Waals surface area contributed by atoms with Crippen molar-refractivity contribution in [2.75, 3.05) is 18.1 Å². The maximum Gasteiger partial charge on any atom is 0.419 e. The molecule has 0 unspecified atom stereocenters. The summed E-state index contributed by atoms with van der Waals surface area (Å²) in [6, 6.07) is 10.4. The number of aliphatic carboxylic acids is 1. The van der Waals surface area contributed by atoms with E-state index in [0.717, 1.165) is 27.2 Å². The number of nitrogens with zero attached hydrogens (tertiary/aromatic N) is 1. The molecule has 10 atom stereocenters. The molecule has 0 radical (unpaired) electrons. The van der Waals surface area contributed by atoms with Crippen LogP contribution in [0.25, 0.3) is 10.9 Å². The molecule has 1 fully saturated rings. The van der Waals surface area contributed by atoms with Crippen molar-refractivity contribution in [2.24, 2.45) is 5.73 Å². The lowest BCUT2D eigenvalue weighted by atomic mass is 10.0. The molecule has 0 bridgehead atoms. The number of amides is 8. The Hall–Kier alpha value is -7.92. The van der Waals surface area contributed by atoms with E-state index in [1.165, 1.54) is 24.6 Å². The SMILES string of the molecule is C[C@@H](OC(C)(C)C)[C@H](NC(=O)[C@@H]1CSSC[C@H](NC(=O)[C@H](N)Cc2ccccc2)C(=O)N[C@@H](Cc2ccc(OC(C)(C)C)cc2)C(=O)N[C@H](Cc2cn(C(=O)OC(C)(C)C)c3ccccc23)C(=O)N[C@@H](CCCCNC(=O)OC(C)(C)C)C(=O)N[C@@H]([C@@H](C)OC(C)(C)C)C(=O)N1)C(=O)O. The largest absolute Gasteiger partial charge is 0.488 e. The molecule has 546 valence electrons. The number of alkyl carbamates (subject to hydrolysis) is 1. The molecule has 1 aliphatic heterocycles. The second kappa shape index (κ2) is 35.9. The molecule has 99 heavy (non-hydrogen) atoms. The first-order chi connectivity index (χ1) is 45.9. The van der Waals surface area contributed by atoms with Crippen LogP contribution in [-0.2, 0) is 76.6 Å². The number of hydrogen-bond acceptors (Lipinski definition) is 18. The van der Waals surface area contributed by atoms with E-state index in [1.54, 1.807) is 162 Å². The summed E-state index contributed by atoms with van der Waals surface area (Å²) < 4.78 is 30.9. The van der Waals surface area contributed by atoms with E-state index in [4.69, 9.17) is 29.4 Å². The van der Waals surface area contributed by atoms with Gasteiger partial charge in [0.2, 0.25) is 41.4 Å². The van der Waals surface area contributed by atoms with E-state index in [1.807, 2.05) is 20.8 Å². The number of carboxylic acid groups (broad SMARTS) is 1. The van der Waals surface area contributed by atoms with Crippen LogP contribution >= 0.6 is 21.6 Å². The van der Waals surface area contributed by atoms with Gasteiger partial charge in [0, 0.05) is 42.5 Å². The average molecular weight is 1420 g/mol. The lowest BCUT2D eigenvalue weighted by molar-refractivity contribution is -0.150. The highest BCUT2D eigenvalue weighted by molar-refractivity contribution is 8.76. The van der Waals surface area contributed by atoms with Gasteiger partial charge in [-0.15, -0.1) is 0 Å². The molecule has 1 aromatic heterocycles. The van der Waals surface area contributed by atoms with Crippen molar-refractivity contribution in [3.8, 4) is 5.75 Å². The molecule has 8 amide bonds. The first-order valence-electron chi connectivity index (χ1n) is 33.3. The fraction of sp³-hybridized carbons (Fsp3) is 0.577. The lowest BCUT2D eigenvalue weighted by Gasteiger charge is -2.33. The number of para-hydroxylation sites is 1. The Morgan fingerprint density at radius 2 is 1.18 bits per heavy atom. The number of carbonyl (C=O) groups is 10. The van der Waals surface area contributed by atoms with Crippen molar-refractivity contribution in [2.45, 2.75) is 245 Å². The Morgan fingerprint density at radius 1 is 0.616 bits per heavy atom. The molecule has 5 rings (SSSR count). The standard InChI is InChI=1S/C71H104N10O16S2/c1-41(93-67(3,4)5)55-63(88)78-53(62(87)80-56(64(89)90)42(2)94-68(6,7)8)40-99-98-39-52(77-57(82)48(72)35-43-25-19-18-20-26-43)61(86)75-50(36-44-30-32-46(33-31-44)95-69(9,10)11)59(84)76-51(37-45-38-81(66(92)97-71(15,16)17)54-29-22-21-27-47(45)54)60(85)74-49(58(83)79-55)28-23-24-34-73-65(91)96-70(12,13)14/h18-22,25-27,29-33,38,41-42,48-53,55-56H,23-24,28,34-37,39-40,72H2,1-17H3,(H,73,91)(H,74,85)(H,75,86)(H,76,84)(H,77,82)(H,78,88)(H,79,83)(H,80,87)(H,89,90)/t41-,42-,48-,49+,50+,51-,52+,53+,55+,56+/m1/s1. The summed E-state index contributed by atoms with van der Waals surface area (Å²) in [6.45, 7) is 29.2. The highest BCUT2D eigenvalue weighted by Crippen LogP contribution is 2.28. The predicted octanol–water partition coefficient (Wildman–Crippen LogP) is 6.93. The molecule has 3 aromatic carbocycles. The number of carboxylic acids is 1. The topological polar surface area (TPSA) is 364 Å². The molecule has 26 nitrogen and oxygen atoms in total. The van der Waals surface area contributed by atoms with Gasteiger partial charge in [-0.25, -0.2) is 14.4 Å². The smallest absolute Gasteiger partial charge is 0.419 e. The first-order valence-corrected chi connectivity index (χ1v) is 35.8. The first kappa shape index (κ1) is 81.8. The number of nitrogens with one attached hydrogen (secondary N) is 8. The van der Waals surface area contributed by atoms with Crippen LogP contribution in [0.5, 0.6) is 5.75 Å². The lowest BCUT2D eigenvalue weighted by Crippen LogP contribution is -2.63. The second-order valence-electron chi connectivity index (χ2n) is 29.6. The normalized spacial score (nSPS) is 20.4. The Balaban J connectivity index is 1.74. The summed E-state index contributed by atoms with van der Waals surface area (Å²) in [5.74, 6) is -7.82. The summed E-state index contributed by atoms with van der Waals surface area (Å²) in [6.07, 6.45) is -2.46. The molecule has 2 heterocycles. The predicted molar refractivity (Wildman–Crippen MR) is 381 cm³/mol. The van der Waals surface area contributed by atoms with E-state index in [0.29, 0.717) is 27.8 Å². The highest BCUT2D eigenvalue weighted by atomic mass is 33.1. The monoisotopic (exact) mass is 1420 g/mol. The van der Waals surface area contributed by atoms with Gasteiger partial charge >= 0.3 is 18.2 Å². The highest BCUT2D eigenvalue weighted by Gasteiger charge is 2.40. The van der Waals surface area contributed by atoms with Gasteiger partial charge in [-0.1, -0.05) is 82.3 Å². The fourth-order valence-corrected chi connectivity index (χ4v) is 12.8. The van der Waals surface area contributed by atoms with Crippen LogP contribution in [0, 0.1) is 0 Å². The van der Waals surface area contributed by atoms with Gasteiger partial charge in [0.15, 0.2) is 6.04 Å². The Morgan fingerprint density at radius 3 is 1.78 bits per heavy atom. The molecule has 0 spiro atoms. The number of nitrogens with two attached hydrogens (primary N) is 1. The number of hydrogen-bond donors (Lipinski definition) is 10. The van der Waals surface area contributed by atoms with Crippen molar-refractivity contribution in [3.63, 3.8) is 0 Å². The van der Waals surface area contributed by atoms with Crippen LogP contribution in [0.4, 0.5) is 9.59 Å². The quantitative estimate of drug-likeness (QED) is 0.0298. The van der Waals surface area contributed by atoms with E-state index < -0.39 is 148 Å². The third kappa shape index (κ3) is 28.3. The van der Waals surface area contributed by atoms with Gasteiger partial charge in [-0.2, -0.15) is 0 Å². The Kier molecular flexibility index (Phi) is 29.7. The summed E-state index contributed by atoms with van der Waals surface area (Å²) >= 11 is 0. The van der Waals surface area contributed by atoms with Crippen molar-refractivity contribution in [3.05, 3.63) is 102 Å². The van der Waals surface area contributed by atoms with Crippen LogP contribution in [0.15, 0.2) is 85.1 Å². The summed E-state index contributed by atoms with van der Waals surface area (Å²) in [4.78, 5) is 145. The van der Waals surface area contributed by atoms with Crippen LogP contribution in [0.2, 0.25) is 0 Å². The van der Waals surface area contributed by atoms with Crippen molar-refractivity contribution < 1.29 is 76.7 Å². The van der Waals surface area contributed by atoms with Crippen molar-refractivity contribution in [1.29, 1.82) is 0 Å². The zero-order chi connectivity index (χ0) is 74.0. The summed E-state index contributed by atoms with van der Waals surface area (Å²) in [5.41, 5.74) is 4.43. The molecule has 28 heteroatoms. The van der Waals surface area contributed by atoms with Crippen LogP contribution in [-0.4, -0.2) is 176 Å². The Labute approximate surface area is 589 Å². The van der Waals surface area contributed by atoms with Crippen LogP contribution < -0.4 is 53.0 Å². The minimum atomic E-state index is -1.65. The van der Waals surface area contributed by atoms with E-state index >= 15 is 24.0 Å².